The van der Waals surface area contributed by atoms with Crippen LogP contribution in [-0.2, 0) is 18.8 Å². The Kier molecular flexibility index (Phi) is 9.52. The lowest BCUT2D eigenvalue weighted by molar-refractivity contribution is -0.124. The van der Waals surface area contributed by atoms with Gasteiger partial charge in [0.15, 0.2) is 0 Å². The monoisotopic (exact) mass is 532 g/mol. The number of rotatable bonds is 11. The van der Waals surface area contributed by atoms with Gasteiger partial charge < -0.3 is 29.4 Å². The van der Waals surface area contributed by atoms with Gasteiger partial charge in [-0.2, -0.15) is 0 Å². The molecule has 3 rings (SSSR count). The Morgan fingerprint density at radius 3 is 2.43 bits per heavy atom. The van der Waals surface area contributed by atoms with Gasteiger partial charge in [0.05, 0.1) is 36.6 Å². The summed E-state index contributed by atoms with van der Waals surface area (Å²) in [6.07, 6.45) is 4.55. The van der Waals surface area contributed by atoms with Crippen molar-refractivity contribution in [2.24, 2.45) is 0 Å². The van der Waals surface area contributed by atoms with Crippen LogP contribution in [0.1, 0.15) is 50.2 Å². The average Bonchev–Trinajstić information content (AvgIpc) is 3.06. The number of halogens is 1. The van der Waals surface area contributed by atoms with E-state index < -0.39 is 42.1 Å². The second-order valence-electron chi connectivity index (χ2n) is 9.86. The highest BCUT2D eigenvalue weighted by Gasteiger charge is 2.54. The Labute approximate surface area is 222 Å². The molecular formula is C25H34BClN4O6. The van der Waals surface area contributed by atoms with Crippen LogP contribution in [0.15, 0.2) is 36.8 Å². The molecule has 37 heavy (non-hydrogen) atoms. The summed E-state index contributed by atoms with van der Waals surface area (Å²) in [6, 6.07) is 4.40. The summed E-state index contributed by atoms with van der Waals surface area (Å²) in [6.45, 7) is 9.89. The molecule has 12 heteroatoms. The van der Waals surface area contributed by atoms with Gasteiger partial charge in [0, 0.05) is 30.9 Å². The highest BCUT2D eigenvalue weighted by Crippen LogP contribution is 2.38. The van der Waals surface area contributed by atoms with Crippen molar-refractivity contribution in [3.05, 3.63) is 53.1 Å². The van der Waals surface area contributed by atoms with Crippen LogP contribution < -0.4 is 15.4 Å². The van der Waals surface area contributed by atoms with Crippen molar-refractivity contribution in [2.45, 2.75) is 64.2 Å². The zero-order valence-corrected chi connectivity index (χ0v) is 22.8. The fraction of sp³-hybridized carbons (Fsp3) is 0.520. The maximum Gasteiger partial charge on any atom is 0.481 e. The number of amides is 2. The highest BCUT2D eigenvalue weighted by atomic mass is 35.5. The van der Waals surface area contributed by atoms with Crippen molar-refractivity contribution in [2.75, 3.05) is 20.3 Å². The zero-order chi connectivity index (χ0) is 27.2. The van der Waals surface area contributed by atoms with Crippen LogP contribution in [0.5, 0.6) is 5.75 Å². The number of ether oxygens (including phenoxy) is 2. The molecule has 2 N–H and O–H groups in total. The van der Waals surface area contributed by atoms with Gasteiger partial charge in [0.2, 0.25) is 5.91 Å². The van der Waals surface area contributed by atoms with Crippen LogP contribution >= 0.6 is 11.6 Å². The molecule has 0 bridgehead atoms. The molecule has 1 aromatic carbocycles. The summed E-state index contributed by atoms with van der Waals surface area (Å²) in [7, 11) is 0.714. The zero-order valence-electron chi connectivity index (χ0n) is 22.0. The molecule has 0 aliphatic carbocycles. The largest absolute Gasteiger partial charge is 0.493 e. The van der Waals surface area contributed by atoms with Gasteiger partial charge in [0.25, 0.3) is 5.91 Å². The van der Waals surface area contributed by atoms with Crippen molar-refractivity contribution in [3.8, 4) is 5.75 Å². The summed E-state index contributed by atoms with van der Waals surface area (Å²) in [5, 5.41) is 6.24. The van der Waals surface area contributed by atoms with E-state index in [-0.39, 0.29) is 18.9 Å². The standard InChI is InChI=1S/C25H34BClN4O6/c1-16-13-17(27)7-8-20(16)35-12-9-21(26-36-24(2,3)25(4,5)37-26)31-23(33)19(15-34-6)30-22(32)18-14-28-10-11-29-18/h7-8,10-11,13-14,19,21H,9,12,15H2,1-6H3,(H,30,32)(H,31,33)/t19?,21-/m1/s1. The number of nitrogens with zero attached hydrogens (tertiary/aromatic N) is 2. The third-order valence-corrected chi connectivity index (χ3v) is 6.74. The van der Waals surface area contributed by atoms with Crippen LogP contribution in [0.4, 0.5) is 0 Å². The van der Waals surface area contributed by atoms with E-state index in [2.05, 4.69) is 20.6 Å². The predicted octanol–water partition coefficient (Wildman–Crippen LogP) is 2.77. The third-order valence-electron chi connectivity index (χ3n) is 6.50. The van der Waals surface area contributed by atoms with E-state index in [0.717, 1.165) is 5.56 Å². The first-order valence-electron chi connectivity index (χ1n) is 12.0. The lowest BCUT2D eigenvalue weighted by Gasteiger charge is -2.32. The Morgan fingerprint density at radius 2 is 1.84 bits per heavy atom. The molecule has 2 amide bonds. The van der Waals surface area contributed by atoms with E-state index in [1.165, 1.54) is 25.7 Å². The van der Waals surface area contributed by atoms with Crippen LogP contribution in [0.3, 0.4) is 0 Å². The highest BCUT2D eigenvalue weighted by molar-refractivity contribution is 6.48. The quantitative estimate of drug-likeness (QED) is 0.424. The Morgan fingerprint density at radius 1 is 1.14 bits per heavy atom. The van der Waals surface area contributed by atoms with Crippen molar-refractivity contribution in [1.82, 2.24) is 20.6 Å². The molecule has 0 spiro atoms. The first-order valence-corrected chi connectivity index (χ1v) is 12.4. The maximum absolute atomic E-state index is 13.3. The molecule has 2 heterocycles. The van der Waals surface area contributed by atoms with Gasteiger partial charge in [-0.15, -0.1) is 0 Å². The average molecular weight is 533 g/mol. The predicted molar refractivity (Wildman–Crippen MR) is 139 cm³/mol. The minimum atomic E-state index is -0.983. The number of benzene rings is 1. The molecule has 1 unspecified atom stereocenters. The number of carbonyl (C=O) groups is 2. The minimum Gasteiger partial charge on any atom is -0.493 e. The van der Waals surface area contributed by atoms with Crippen LogP contribution in [0, 0.1) is 6.92 Å². The molecule has 1 aromatic heterocycles. The van der Waals surface area contributed by atoms with E-state index in [1.807, 2.05) is 40.7 Å². The van der Waals surface area contributed by atoms with Crippen molar-refractivity contribution in [3.63, 3.8) is 0 Å². The topological polar surface area (TPSA) is 121 Å². The summed E-state index contributed by atoms with van der Waals surface area (Å²) in [5.74, 6) is -0.883. The number of carbonyl (C=O) groups excluding carboxylic acids is 2. The van der Waals surface area contributed by atoms with Gasteiger partial charge in [-0.3, -0.25) is 14.6 Å². The van der Waals surface area contributed by atoms with E-state index in [4.69, 9.17) is 30.4 Å². The molecule has 0 saturated carbocycles. The van der Waals surface area contributed by atoms with Crippen LogP contribution in [0.25, 0.3) is 0 Å². The minimum absolute atomic E-state index is 0.0472. The van der Waals surface area contributed by atoms with E-state index >= 15 is 0 Å². The first-order chi connectivity index (χ1) is 17.4. The van der Waals surface area contributed by atoms with Crippen molar-refractivity contribution in [1.29, 1.82) is 0 Å². The van der Waals surface area contributed by atoms with E-state index in [9.17, 15) is 9.59 Å². The smallest absolute Gasteiger partial charge is 0.481 e. The van der Waals surface area contributed by atoms with Crippen molar-refractivity contribution >= 4 is 30.5 Å². The molecule has 200 valence electrons. The molecule has 10 nitrogen and oxygen atoms in total. The van der Waals surface area contributed by atoms with Crippen LogP contribution in [0.2, 0.25) is 5.02 Å². The van der Waals surface area contributed by atoms with Gasteiger partial charge in [0.1, 0.15) is 17.5 Å². The number of aryl methyl sites for hydroxylation is 1. The first kappa shape index (κ1) is 28.8. The Hall–Kier alpha value is -2.73. The molecule has 1 aliphatic rings. The molecule has 2 atom stereocenters. The molecule has 1 fully saturated rings. The fourth-order valence-corrected chi connectivity index (χ4v) is 3.91. The molecule has 1 saturated heterocycles. The number of hydrogen-bond donors (Lipinski definition) is 2. The summed E-state index contributed by atoms with van der Waals surface area (Å²) < 4.78 is 23.6. The molecule has 1 aliphatic heterocycles. The van der Waals surface area contributed by atoms with Crippen LogP contribution in [-0.4, -0.2) is 72.4 Å². The number of nitrogens with one attached hydrogen (secondary N) is 2. The van der Waals surface area contributed by atoms with Gasteiger partial charge in [-0.25, -0.2) is 4.98 Å². The Bertz CT molecular complexity index is 1070. The van der Waals surface area contributed by atoms with Gasteiger partial charge >= 0.3 is 7.12 Å². The molecular weight excluding hydrogens is 499 g/mol. The van der Waals surface area contributed by atoms with Gasteiger partial charge in [-0.1, -0.05) is 11.6 Å². The lowest BCUT2D eigenvalue weighted by atomic mass is 9.76. The SMILES string of the molecule is COCC(NC(=O)c1cnccn1)C(=O)N[C@H](CCOc1ccc(Cl)cc1C)B1OC(C)(C)C(C)(C)O1. The second kappa shape index (κ2) is 12.2. The lowest BCUT2D eigenvalue weighted by Crippen LogP contribution is -2.56. The normalized spacial score (nSPS) is 17.6. The summed E-state index contributed by atoms with van der Waals surface area (Å²) in [4.78, 5) is 33.8. The number of methoxy groups -OCH3 is 1. The van der Waals surface area contributed by atoms with Crippen molar-refractivity contribution < 1.29 is 28.4 Å². The third kappa shape index (κ3) is 7.41. The summed E-state index contributed by atoms with van der Waals surface area (Å²) in [5.41, 5.74) is -0.206. The number of aromatic nitrogens is 2. The Balaban J connectivity index is 1.73. The van der Waals surface area contributed by atoms with Gasteiger partial charge in [-0.05, 0) is 58.4 Å². The maximum atomic E-state index is 13.3. The number of hydrogen-bond acceptors (Lipinski definition) is 8. The van der Waals surface area contributed by atoms with E-state index in [1.54, 1.807) is 12.1 Å². The second-order valence-corrected chi connectivity index (χ2v) is 10.3. The molecule has 2 aromatic rings. The summed E-state index contributed by atoms with van der Waals surface area (Å²) >= 11 is 6.05. The molecule has 0 radical (unpaired) electrons. The fourth-order valence-electron chi connectivity index (χ4n) is 3.68. The van der Waals surface area contributed by atoms with E-state index in [0.29, 0.717) is 17.2 Å².